The highest BCUT2D eigenvalue weighted by atomic mass is 16.5. The van der Waals surface area contributed by atoms with Gasteiger partial charge in [-0.15, -0.1) is 0 Å². The molecule has 0 aliphatic heterocycles. The Labute approximate surface area is 114 Å². The van der Waals surface area contributed by atoms with Gasteiger partial charge < -0.3 is 15.2 Å². The van der Waals surface area contributed by atoms with Crippen molar-refractivity contribution in [1.82, 2.24) is 5.32 Å². The molecule has 2 atom stereocenters. The van der Waals surface area contributed by atoms with E-state index in [1.54, 1.807) is 6.07 Å². The number of hydrogen-bond donors (Lipinski definition) is 2. The van der Waals surface area contributed by atoms with Crippen LogP contribution in [0.2, 0.25) is 0 Å². The molecular weight excluding hydrogens is 242 g/mol. The van der Waals surface area contributed by atoms with Crippen molar-refractivity contribution in [2.24, 2.45) is 0 Å². The van der Waals surface area contributed by atoms with Crippen molar-refractivity contribution in [1.29, 1.82) is 0 Å². The number of aliphatic hydroxyl groups excluding tert-OH is 1. The van der Waals surface area contributed by atoms with Gasteiger partial charge in [0, 0.05) is 11.6 Å². The molecule has 1 rings (SSSR count). The molecule has 106 valence electrons. The van der Waals surface area contributed by atoms with Crippen LogP contribution in [0, 0.1) is 0 Å². The lowest BCUT2D eigenvalue weighted by atomic mass is 10.1. The van der Waals surface area contributed by atoms with Crippen molar-refractivity contribution >= 4 is 5.91 Å². The molecule has 1 unspecified atom stereocenters. The van der Waals surface area contributed by atoms with Crippen molar-refractivity contribution in [2.45, 2.75) is 45.8 Å². The van der Waals surface area contributed by atoms with Crippen LogP contribution in [0.15, 0.2) is 24.3 Å². The van der Waals surface area contributed by atoms with Crippen LogP contribution in [-0.4, -0.2) is 23.7 Å². The normalized spacial score (nSPS) is 13.7. The van der Waals surface area contributed by atoms with Crippen molar-refractivity contribution < 1.29 is 14.6 Å². The third-order valence-electron chi connectivity index (χ3n) is 3.04. The summed E-state index contributed by atoms with van der Waals surface area (Å²) in [6, 6.07) is 7.40. The number of ether oxygens (including phenoxy) is 1. The number of para-hydroxylation sites is 1. The number of aliphatic hydroxyl groups is 1. The van der Waals surface area contributed by atoms with E-state index in [1.807, 2.05) is 39.0 Å². The van der Waals surface area contributed by atoms with E-state index in [0.29, 0.717) is 12.2 Å². The van der Waals surface area contributed by atoms with Gasteiger partial charge in [0.2, 0.25) is 0 Å². The molecule has 0 radical (unpaired) electrons. The highest BCUT2D eigenvalue weighted by molar-refractivity contribution is 5.77. The Morgan fingerprint density at radius 3 is 2.63 bits per heavy atom. The largest absolute Gasteiger partial charge is 0.483 e. The fourth-order valence-corrected chi connectivity index (χ4v) is 1.67. The summed E-state index contributed by atoms with van der Waals surface area (Å²) in [6.07, 6.45) is 0.935. The molecule has 4 nitrogen and oxygen atoms in total. The lowest BCUT2D eigenvalue weighted by Crippen LogP contribution is -2.35. The molecule has 0 spiro atoms. The molecule has 0 aliphatic carbocycles. The maximum Gasteiger partial charge on any atom is 0.258 e. The van der Waals surface area contributed by atoms with Gasteiger partial charge in [0.15, 0.2) is 6.61 Å². The van der Waals surface area contributed by atoms with E-state index in [1.165, 1.54) is 0 Å². The highest BCUT2D eigenvalue weighted by Crippen LogP contribution is 2.26. The van der Waals surface area contributed by atoms with Crippen LogP contribution in [0.4, 0.5) is 0 Å². The minimum Gasteiger partial charge on any atom is -0.483 e. The lowest BCUT2D eigenvalue weighted by molar-refractivity contribution is -0.123. The maximum atomic E-state index is 11.6. The second-order valence-electron chi connectivity index (χ2n) is 4.63. The second kappa shape index (κ2) is 7.79. The van der Waals surface area contributed by atoms with E-state index in [9.17, 15) is 9.90 Å². The average Bonchev–Trinajstić information content (AvgIpc) is 2.44. The third kappa shape index (κ3) is 4.91. The molecule has 0 aromatic heterocycles. The summed E-state index contributed by atoms with van der Waals surface area (Å²) in [5, 5.41) is 12.7. The van der Waals surface area contributed by atoms with Gasteiger partial charge in [-0.05, 0) is 25.8 Å². The average molecular weight is 265 g/mol. The third-order valence-corrected chi connectivity index (χ3v) is 3.04. The predicted molar refractivity (Wildman–Crippen MR) is 75.1 cm³/mol. The summed E-state index contributed by atoms with van der Waals surface area (Å²) in [6.45, 7) is 5.83. The Balaban J connectivity index is 2.60. The van der Waals surface area contributed by atoms with Gasteiger partial charge in [0.1, 0.15) is 5.75 Å². The minimum atomic E-state index is -0.561. The van der Waals surface area contributed by atoms with Crippen LogP contribution in [0.25, 0.3) is 0 Å². The Bertz CT molecular complexity index is 406. The van der Waals surface area contributed by atoms with E-state index in [-0.39, 0.29) is 18.6 Å². The molecule has 0 heterocycles. The summed E-state index contributed by atoms with van der Waals surface area (Å²) in [5.41, 5.74) is 0.723. The van der Waals surface area contributed by atoms with Gasteiger partial charge >= 0.3 is 0 Å². The molecule has 1 aromatic rings. The zero-order valence-electron chi connectivity index (χ0n) is 11.8. The monoisotopic (exact) mass is 265 g/mol. The zero-order valence-corrected chi connectivity index (χ0v) is 11.8. The standard InChI is InChI=1S/C15H23NO3/c1-4-11(3)16-15(18)10-19-14-9-7-6-8-12(14)13(17)5-2/h6-9,11,13,17H,4-5,10H2,1-3H3,(H,16,18)/t11?,13-/m1/s1. The van der Waals surface area contributed by atoms with Crippen LogP contribution < -0.4 is 10.1 Å². The Kier molecular flexibility index (Phi) is 6.36. The summed E-state index contributed by atoms with van der Waals surface area (Å²) in [4.78, 5) is 11.6. The van der Waals surface area contributed by atoms with E-state index in [2.05, 4.69) is 5.32 Å². The zero-order chi connectivity index (χ0) is 14.3. The molecule has 1 aromatic carbocycles. The molecule has 0 saturated heterocycles. The summed E-state index contributed by atoms with van der Waals surface area (Å²) in [5.74, 6) is 0.422. The van der Waals surface area contributed by atoms with Gasteiger partial charge in [0.25, 0.3) is 5.91 Å². The fourth-order valence-electron chi connectivity index (χ4n) is 1.67. The molecule has 0 aliphatic rings. The van der Waals surface area contributed by atoms with Crippen molar-refractivity contribution in [2.75, 3.05) is 6.61 Å². The first-order chi connectivity index (χ1) is 9.08. The molecule has 0 saturated carbocycles. The molecule has 2 N–H and O–H groups in total. The molecule has 0 fully saturated rings. The van der Waals surface area contributed by atoms with Crippen molar-refractivity contribution in [3.63, 3.8) is 0 Å². The van der Waals surface area contributed by atoms with Gasteiger partial charge in [0.05, 0.1) is 6.10 Å². The number of nitrogens with one attached hydrogen (secondary N) is 1. The highest BCUT2D eigenvalue weighted by Gasteiger charge is 2.12. The summed E-state index contributed by atoms with van der Waals surface area (Å²) < 4.78 is 5.50. The Morgan fingerprint density at radius 2 is 2.00 bits per heavy atom. The van der Waals surface area contributed by atoms with Gasteiger partial charge in [-0.1, -0.05) is 32.0 Å². The van der Waals surface area contributed by atoms with Crippen LogP contribution >= 0.6 is 0 Å². The first kappa shape index (κ1) is 15.5. The van der Waals surface area contributed by atoms with Crippen LogP contribution in [0.1, 0.15) is 45.3 Å². The number of carbonyl (C=O) groups excluding carboxylic acids is 1. The van der Waals surface area contributed by atoms with Gasteiger partial charge in [-0.2, -0.15) is 0 Å². The van der Waals surface area contributed by atoms with Gasteiger partial charge in [-0.25, -0.2) is 0 Å². The maximum absolute atomic E-state index is 11.6. The van der Waals surface area contributed by atoms with Crippen molar-refractivity contribution in [3.05, 3.63) is 29.8 Å². The number of hydrogen-bond acceptors (Lipinski definition) is 3. The minimum absolute atomic E-state index is 0.0300. The molecular formula is C15H23NO3. The summed E-state index contributed by atoms with van der Waals surface area (Å²) in [7, 11) is 0. The number of carbonyl (C=O) groups is 1. The SMILES string of the molecule is CCC(C)NC(=O)COc1ccccc1[C@H](O)CC. The predicted octanol–water partition coefficient (Wildman–Crippen LogP) is 2.42. The molecule has 1 amide bonds. The van der Waals surface area contributed by atoms with E-state index in [0.717, 1.165) is 12.0 Å². The molecule has 19 heavy (non-hydrogen) atoms. The van der Waals surface area contributed by atoms with Crippen molar-refractivity contribution in [3.8, 4) is 5.75 Å². The van der Waals surface area contributed by atoms with Crippen LogP contribution in [0.5, 0.6) is 5.75 Å². The Morgan fingerprint density at radius 1 is 1.32 bits per heavy atom. The number of rotatable bonds is 7. The van der Waals surface area contributed by atoms with Crippen LogP contribution in [0.3, 0.4) is 0 Å². The Hall–Kier alpha value is -1.55. The second-order valence-corrected chi connectivity index (χ2v) is 4.63. The van der Waals surface area contributed by atoms with E-state index < -0.39 is 6.10 Å². The quantitative estimate of drug-likeness (QED) is 0.796. The van der Waals surface area contributed by atoms with Gasteiger partial charge in [-0.3, -0.25) is 4.79 Å². The number of amides is 1. The smallest absolute Gasteiger partial charge is 0.258 e. The first-order valence-corrected chi connectivity index (χ1v) is 6.77. The summed E-state index contributed by atoms with van der Waals surface area (Å²) >= 11 is 0. The van der Waals surface area contributed by atoms with Crippen LogP contribution in [-0.2, 0) is 4.79 Å². The van der Waals surface area contributed by atoms with E-state index in [4.69, 9.17) is 4.74 Å². The first-order valence-electron chi connectivity index (χ1n) is 6.77. The molecule has 4 heteroatoms. The topological polar surface area (TPSA) is 58.6 Å². The fraction of sp³-hybridized carbons (Fsp3) is 0.533. The lowest BCUT2D eigenvalue weighted by Gasteiger charge is -2.16. The number of benzene rings is 1. The molecule has 0 bridgehead atoms. The van der Waals surface area contributed by atoms with E-state index >= 15 is 0 Å².